The third kappa shape index (κ3) is 6.99. The van der Waals surface area contributed by atoms with Gasteiger partial charge in [0, 0.05) is 30.6 Å². The third-order valence-electron chi connectivity index (χ3n) is 3.76. The molecule has 0 radical (unpaired) electrons. The van der Waals surface area contributed by atoms with Crippen LogP contribution in [0.5, 0.6) is 0 Å². The lowest BCUT2D eigenvalue weighted by Crippen LogP contribution is -2.40. The van der Waals surface area contributed by atoms with Crippen LogP contribution in [0.3, 0.4) is 0 Å². The molecule has 27 heavy (non-hydrogen) atoms. The van der Waals surface area contributed by atoms with Crippen LogP contribution < -0.4 is 16.0 Å². The minimum absolute atomic E-state index is 0.125. The van der Waals surface area contributed by atoms with Crippen molar-refractivity contribution in [2.24, 2.45) is 4.99 Å². The molecule has 0 aromatic carbocycles. The molecule has 4 N–H and O–H groups in total. The number of amides is 1. The summed E-state index contributed by atoms with van der Waals surface area (Å²) in [6, 6.07) is 7.47. The fourth-order valence-corrected chi connectivity index (χ4v) is 3.06. The summed E-state index contributed by atoms with van der Waals surface area (Å²) in [5, 5.41) is 21.5. The molecule has 1 unspecified atom stereocenters. The average Bonchev–Trinajstić information content (AvgIpc) is 3.17. The third-order valence-corrected chi connectivity index (χ3v) is 4.89. The molecule has 7 nitrogen and oxygen atoms in total. The molecule has 0 bridgehead atoms. The smallest absolute Gasteiger partial charge is 0.227 e. The number of nitrogens with one attached hydrogen (secondary N) is 3. The molecular formula is C19H27N5O2S. The lowest BCUT2D eigenvalue weighted by Gasteiger charge is -2.20. The zero-order chi connectivity index (χ0) is 19.7. The van der Waals surface area contributed by atoms with E-state index in [1.54, 1.807) is 19.2 Å². The van der Waals surface area contributed by atoms with Crippen LogP contribution in [-0.2, 0) is 10.4 Å². The van der Waals surface area contributed by atoms with Gasteiger partial charge in [0.2, 0.25) is 5.91 Å². The van der Waals surface area contributed by atoms with Crippen LogP contribution >= 0.6 is 11.3 Å². The Morgan fingerprint density at radius 1 is 1.33 bits per heavy atom. The second-order valence-electron chi connectivity index (χ2n) is 6.39. The number of anilines is 1. The lowest BCUT2D eigenvalue weighted by molar-refractivity contribution is -0.116. The van der Waals surface area contributed by atoms with Gasteiger partial charge in [-0.05, 0) is 43.8 Å². The predicted molar refractivity (Wildman–Crippen MR) is 110 cm³/mol. The summed E-state index contributed by atoms with van der Waals surface area (Å²) in [7, 11) is 0. The highest BCUT2D eigenvalue weighted by Crippen LogP contribution is 2.25. The number of aromatic nitrogens is 1. The molecule has 0 saturated carbocycles. The summed E-state index contributed by atoms with van der Waals surface area (Å²) in [5.74, 6) is 0.981. The zero-order valence-electron chi connectivity index (χ0n) is 16.0. The van der Waals surface area contributed by atoms with Gasteiger partial charge in [-0.2, -0.15) is 0 Å². The number of pyridine rings is 1. The van der Waals surface area contributed by atoms with Crippen molar-refractivity contribution in [3.63, 3.8) is 0 Å². The number of hydrogen-bond acceptors (Lipinski definition) is 5. The molecule has 0 aliphatic carbocycles. The summed E-state index contributed by atoms with van der Waals surface area (Å²) >= 11 is 1.50. The molecule has 2 rings (SSSR count). The Kier molecular flexibility index (Phi) is 7.75. The van der Waals surface area contributed by atoms with E-state index in [1.807, 2.05) is 37.4 Å². The molecule has 0 aliphatic rings. The average molecular weight is 390 g/mol. The van der Waals surface area contributed by atoms with Crippen LogP contribution in [0.4, 0.5) is 5.82 Å². The van der Waals surface area contributed by atoms with Crippen molar-refractivity contribution in [2.75, 3.05) is 25.0 Å². The fraction of sp³-hybridized carbons (Fsp3) is 0.421. The molecule has 0 aliphatic heterocycles. The van der Waals surface area contributed by atoms with Gasteiger partial charge < -0.3 is 21.1 Å². The van der Waals surface area contributed by atoms with Crippen molar-refractivity contribution >= 4 is 29.0 Å². The van der Waals surface area contributed by atoms with Crippen LogP contribution in [0.1, 0.15) is 30.7 Å². The second kappa shape index (κ2) is 10.0. The van der Waals surface area contributed by atoms with Crippen LogP contribution in [0, 0.1) is 6.92 Å². The molecule has 146 valence electrons. The molecule has 0 fully saturated rings. The zero-order valence-corrected chi connectivity index (χ0v) is 16.8. The fourth-order valence-electron chi connectivity index (χ4n) is 2.28. The molecule has 2 aromatic heterocycles. The van der Waals surface area contributed by atoms with Crippen LogP contribution in [0.25, 0.3) is 0 Å². The highest BCUT2D eigenvalue weighted by molar-refractivity contribution is 7.10. The number of aliphatic imine (C=N–C) groups is 1. The van der Waals surface area contributed by atoms with Gasteiger partial charge in [0.1, 0.15) is 11.4 Å². The maximum Gasteiger partial charge on any atom is 0.227 e. The predicted octanol–water partition coefficient (Wildman–Crippen LogP) is 2.24. The van der Waals surface area contributed by atoms with E-state index in [9.17, 15) is 9.90 Å². The van der Waals surface area contributed by atoms with E-state index in [2.05, 4.69) is 25.9 Å². The monoisotopic (exact) mass is 389 g/mol. The first-order valence-corrected chi connectivity index (χ1v) is 9.79. The van der Waals surface area contributed by atoms with Crippen molar-refractivity contribution in [2.45, 2.75) is 32.8 Å². The summed E-state index contributed by atoms with van der Waals surface area (Å²) in [6.07, 6.45) is 1.99. The molecule has 2 heterocycles. The number of carbonyl (C=O) groups is 1. The molecule has 0 saturated heterocycles. The Labute approximate surface area is 163 Å². The highest BCUT2D eigenvalue weighted by Gasteiger charge is 2.23. The Hall–Kier alpha value is -2.45. The highest BCUT2D eigenvalue weighted by atomic mass is 32.1. The van der Waals surface area contributed by atoms with Gasteiger partial charge in [-0.25, -0.2) is 9.98 Å². The number of thiophene rings is 1. The van der Waals surface area contributed by atoms with Gasteiger partial charge in [-0.15, -0.1) is 11.3 Å². The number of hydrogen-bond donors (Lipinski definition) is 4. The number of carbonyl (C=O) groups excluding carboxylic acids is 1. The number of aryl methyl sites for hydroxylation is 1. The van der Waals surface area contributed by atoms with Crippen molar-refractivity contribution in [1.82, 2.24) is 15.6 Å². The molecule has 1 amide bonds. The molecule has 0 spiro atoms. The molecule has 1 atom stereocenters. The largest absolute Gasteiger partial charge is 0.383 e. The van der Waals surface area contributed by atoms with Crippen molar-refractivity contribution in [1.29, 1.82) is 0 Å². The minimum atomic E-state index is -1.02. The van der Waals surface area contributed by atoms with Gasteiger partial charge in [-0.1, -0.05) is 12.1 Å². The first-order valence-electron chi connectivity index (χ1n) is 8.92. The van der Waals surface area contributed by atoms with Crippen molar-refractivity contribution in [3.8, 4) is 0 Å². The van der Waals surface area contributed by atoms with E-state index in [1.165, 1.54) is 11.3 Å². The van der Waals surface area contributed by atoms with E-state index >= 15 is 0 Å². The van der Waals surface area contributed by atoms with Gasteiger partial charge in [0.15, 0.2) is 5.96 Å². The summed E-state index contributed by atoms with van der Waals surface area (Å²) in [4.78, 5) is 21.5. The van der Waals surface area contributed by atoms with E-state index in [0.717, 1.165) is 10.4 Å². The summed E-state index contributed by atoms with van der Waals surface area (Å²) < 4.78 is 0. The standard InChI is InChI=1S/C19H27N5O2S/c1-4-20-18(23-13-19(3,26)15-6-5-11-27-15)21-10-9-17(25)24-16-8-7-14(2)12-22-16/h5-8,11-12,26H,4,9-10,13H2,1-3H3,(H2,20,21,23)(H,22,24,25). The molecular weight excluding hydrogens is 362 g/mol. The normalized spacial score (nSPS) is 13.7. The number of nitrogens with zero attached hydrogens (tertiary/aromatic N) is 2. The first-order chi connectivity index (χ1) is 12.9. The van der Waals surface area contributed by atoms with Gasteiger partial charge >= 0.3 is 0 Å². The minimum Gasteiger partial charge on any atom is -0.383 e. The van der Waals surface area contributed by atoms with Crippen LogP contribution in [-0.4, -0.2) is 41.6 Å². The molecule has 2 aromatic rings. The first kappa shape index (κ1) is 20.9. The topological polar surface area (TPSA) is 98.6 Å². The van der Waals surface area contributed by atoms with Crippen LogP contribution in [0.15, 0.2) is 40.8 Å². The Balaban J connectivity index is 1.82. The van der Waals surface area contributed by atoms with Gasteiger partial charge in [0.05, 0.1) is 6.54 Å². The van der Waals surface area contributed by atoms with E-state index in [0.29, 0.717) is 24.9 Å². The summed E-state index contributed by atoms with van der Waals surface area (Å²) in [6.45, 7) is 6.98. The number of aliphatic hydroxyl groups is 1. The number of rotatable bonds is 8. The SMILES string of the molecule is CCNC(=NCC(C)(O)c1cccs1)NCCC(=O)Nc1ccc(C)cn1. The Bertz CT molecular complexity index is 742. The Morgan fingerprint density at radius 2 is 2.15 bits per heavy atom. The van der Waals surface area contributed by atoms with E-state index in [4.69, 9.17) is 0 Å². The lowest BCUT2D eigenvalue weighted by atomic mass is 10.1. The maximum atomic E-state index is 12.0. The van der Waals surface area contributed by atoms with Crippen molar-refractivity contribution in [3.05, 3.63) is 46.3 Å². The number of guanidine groups is 1. The van der Waals surface area contributed by atoms with Crippen LogP contribution in [0.2, 0.25) is 0 Å². The maximum absolute atomic E-state index is 12.0. The second-order valence-corrected chi connectivity index (χ2v) is 7.34. The quantitative estimate of drug-likeness (QED) is 0.410. The van der Waals surface area contributed by atoms with E-state index < -0.39 is 5.60 Å². The van der Waals surface area contributed by atoms with E-state index in [-0.39, 0.29) is 18.9 Å². The van der Waals surface area contributed by atoms with Crippen molar-refractivity contribution < 1.29 is 9.90 Å². The summed E-state index contributed by atoms with van der Waals surface area (Å²) in [5.41, 5.74) is 0.0185. The van der Waals surface area contributed by atoms with Gasteiger partial charge in [0.25, 0.3) is 0 Å². The Morgan fingerprint density at radius 3 is 2.78 bits per heavy atom. The molecule has 8 heteroatoms. The van der Waals surface area contributed by atoms with Gasteiger partial charge in [-0.3, -0.25) is 4.79 Å².